The molecule has 0 saturated carbocycles. The second-order valence-corrected chi connectivity index (χ2v) is 4.55. The van der Waals surface area contributed by atoms with Crippen molar-refractivity contribution in [3.05, 3.63) is 0 Å². The van der Waals surface area contributed by atoms with Crippen molar-refractivity contribution < 1.29 is 10.0 Å². The maximum absolute atomic E-state index is 8.70. The number of unbranched alkanes of at least 4 members (excludes halogenated alkanes) is 1. The topological polar surface area (TPSA) is 90.5 Å². The highest BCUT2D eigenvalue weighted by Crippen LogP contribution is 2.14. The normalized spacial score (nSPS) is 24.9. The molecule has 94 valence electrons. The van der Waals surface area contributed by atoms with Gasteiger partial charge in [0, 0.05) is 31.7 Å². The van der Waals surface area contributed by atoms with Gasteiger partial charge in [-0.25, -0.2) is 0 Å². The van der Waals surface area contributed by atoms with E-state index in [0.29, 0.717) is 24.9 Å². The van der Waals surface area contributed by atoms with E-state index in [1.54, 1.807) is 0 Å². The average Bonchev–Trinajstić information content (AvgIpc) is 2.69. The lowest BCUT2D eigenvalue weighted by molar-refractivity contribution is 0.399. The Hall–Kier alpha value is -0.135. The van der Waals surface area contributed by atoms with Gasteiger partial charge in [-0.2, -0.15) is 0 Å². The smallest absolute Gasteiger partial charge is 0.427 e. The minimum Gasteiger partial charge on any atom is -0.427 e. The van der Waals surface area contributed by atoms with Crippen LogP contribution in [-0.2, 0) is 0 Å². The van der Waals surface area contributed by atoms with Gasteiger partial charge >= 0.3 is 7.12 Å². The van der Waals surface area contributed by atoms with Gasteiger partial charge in [0.1, 0.15) is 0 Å². The second-order valence-electron chi connectivity index (χ2n) is 4.55. The van der Waals surface area contributed by atoms with Crippen LogP contribution in [-0.4, -0.2) is 48.9 Å². The van der Waals surface area contributed by atoms with Crippen LogP contribution in [0.3, 0.4) is 0 Å². The van der Waals surface area contributed by atoms with Crippen LogP contribution in [0.5, 0.6) is 0 Å². The highest BCUT2D eigenvalue weighted by atomic mass is 16.4. The Bertz CT molecular complexity index is 183. The Kier molecular flexibility index (Phi) is 6.99. The van der Waals surface area contributed by atoms with Gasteiger partial charge in [0.25, 0.3) is 0 Å². The van der Waals surface area contributed by atoms with Gasteiger partial charge in [0.15, 0.2) is 0 Å². The molecule has 6 heteroatoms. The van der Waals surface area contributed by atoms with E-state index in [1.807, 2.05) is 0 Å². The summed E-state index contributed by atoms with van der Waals surface area (Å²) in [6, 6.07) is 1.13. The summed E-state index contributed by atoms with van der Waals surface area (Å²) in [6.07, 6.45) is 4.70. The number of hydrogen-bond acceptors (Lipinski definition) is 5. The molecule has 1 saturated heterocycles. The Balaban J connectivity index is 1.98. The largest absolute Gasteiger partial charge is 0.451 e. The van der Waals surface area contributed by atoms with Gasteiger partial charge in [-0.1, -0.05) is 12.8 Å². The molecule has 0 aliphatic carbocycles. The van der Waals surface area contributed by atoms with Crippen LogP contribution in [0, 0.1) is 0 Å². The standard InChI is InChI=1S/C10H24BN3O2/c12-5-6-13-10-7-9(14-8-10)3-1-2-4-11(15)16/h9-10,13-16H,1-8,12H2. The van der Waals surface area contributed by atoms with Gasteiger partial charge < -0.3 is 26.4 Å². The summed E-state index contributed by atoms with van der Waals surface area (Å²) in [4.78, 5) is 0. The molecule has 0 radical (unpaired) electrons. The van der Waals surface area contributed by atoms with Crippen molar-refractivity contribution in [2.45, 2.75) is 44.1 Å². The van der Waals surface area contributed by atoms with Gasteiger partial charge in [-0.05, 0) is 19.2 Å². The van der Waals surface area contributed by atoms with Crippen LogP contribution in [0.4, 0.5) is 0 Å². The summed E-state index contributed by atoms with van der Waals surface area (Å²) in [5.41, 5.74) is 5.44. The van der Waals surface area contributed by atoms with Gasteiger partial charge in [0.2, 0.25) is 0 Å². The van der Waals surface area contributed by atoms with E-state index in [4.69, 9.17) is 15.8 Å². The van der Waals surface area contributed by atoms with E-state index in [0.717, 1.165) is 38.8 Å². The Labute approximate surface area is 97.9 Å². The monoisotopic (exact) mass is 229 g/mol. The lowest BCUT2D eigenvalue weighted by atomic mass is 9.83. The molecule has 5 nitrogen and oxygen atoms in total. The molecule has 0 spiro atoms. The van der Waals surface area contributed by atoms with Crippen molar-refractivity contribution in [3.8, 4) is 0 Å². The molecule has 0 aromatic heterocycles. The summed E-state index contributed by atoms with van der Waals surface area (Å²) in [5, 5.41) is 24.3. The fraction of sp³-hybridized carbons (Fsp3) is 1.00. The number of hydrogen-bond donors (Lipinski definition) is 5. The first kappa shape index (κ1) is 13.9. The van der Waals surface area contributed by atoms with Crippen LogP contribution in [0.25, 0.3) is 0 Å². The molecular weight excluding hydrogens is 205 g/mol. The Morgan fingerprint density at radius 2 is 2.19 bits per heavy atom. The molecule has 1 aliphatic heterocycles. The molecule has 1 rings (SSSR count). The third kappa shape index (κ3) is 5.82. The molecule has 1 fully saturated rings. The van der Waals surface area contributed by atoms with Crippen LogP contribution >= 0.6 is 0 Å². The first-order valence-corrected chi connectivity index (χ1v) is 6.25. The minimum atomic E-state index is -1.14. The Morgan fingerprint density at radius 1 is 1.38 bits per heavy atom. The van der Waals surface area contributed by atoms with E-state index >= 15 is 0 Å². The highest BCUT2D eigenvalue weighted by Gasteiger charge is 2.22. The van der Waals surface area contributed by atoms with Crippen molar-refractivity contribution in [3.63, 3.8) is 0 Å². The fourth-order valence-electron chi connectivity index (χ4n) is 2.20. The first-order valence-electron chi connectivity index (χ1n) is 6.25. The summed E-state index contributed by atoms with van der Waals surface area (Å²) in [6.45, 7) is 2.60. The summed E-state index contributed by atoms with van der Waals surface area (Å²) < 4.78 is 0. The van der Waals surface area contributed by atoms with Gasteiger partial charge in [0.05, 0.1) is 0 Å². The lowest BCUT2D eigenvalue weighted by Crippen LogP contribution is -2.34. The molecule has 6 N–H and O–H groups in total. The Morgan fingerprint density at radius 3 is 2.88 bits per heavy atom. The summed E-state index contributed by atoms with van der Waals surface area (Å²) >= 11 is 0. The van der Waals surface area contributed by atoms with Crippen molar-refractivity contribution in [1.29, 1.82) is 0 Å². The minimum absolute atomic E-state index is 0.488. The summed E-state index contributed by atoms with van der Waals surface area (Å²) in [5.74, 6) is 0. The lowest BCUT2D eigenvalue weighted by Gasteiger charge is -2.11. The van der Waals surface area contributed by atoms with Crippen molar-refractivity contribution in [1.82, 2.24) is 10.6 Å². The quantitative estimate of drug-likeness (QED) is 0.269. The third-order valence-electron chi connectivity index (χ3n) is 3.06. The van der Waals surface area contributed by atoms with Crippen molar-refractivity contribution >= 4 is 7.12 Å². The molecule has 1 heterocycles. The highest BCUT2D eigenvalue weighted by molar-refractivity contribution is 6.40. The van der Waals surface area contributed by atoms with E-state index in [2.05, 4.69) is 10.6 Å². The zero-order chi connectivity index (χ0) is 11.8. The maximum atomic E-state index is 8.70. The molecule has 1 aliphatic rings. The van der Waals surface area contributed by atoms with Crippen LogP contribution < -0.4 is 16.4 Å². The molecule has 0 bridgehead atoms. The van der Waals surface area contributed by atoms with Gasteiger partial charge in [-0.3, -0.25) is 0 Å². The van der Waals surface area contributed by atoms with Crippen LogP contribution in [0.2, 0.25) is 6.32 Å². The van der Waals surface area contributed by atoms with Crippen molar-refractivity contribution in [2.75, 3.05) is 19.6 Å². The number of nitrogens with two attached hydrogens (primary N) is 1. The molecule has 0 aromatic carbocycles. The van der Waals surface area contributed by atoms with E-state index in [-0.39, 0.29) is 0 Å². The molecule has 16 heavy (non-hydrogen) atoms. The zero-order valence-electron chi connectivity index (χ0n) is 9.86. The average molecular weight is 229 g/mol. The van der Waals surface area contributed by atoms with E-state index in [1.165, 1.54) is 0 Å². The SMILES string of the molecule is NCCNC1CNC(CCCCB(O)O)C1. The molecule has 0 amide bonds. The van der Waals surface area contributed by atoms with Gasteiger partial charge in [-0.15, -0.1) is 0 Å². The molecular formula is C10H24BN3O2. The molecule has 0 aromatic rings. The third-order valence-corrected chi connectivity index (χ3v) is 3.06. The zero-order valence-corrected chi connectivity index (χ0v) is 9.86. The summed E-state index contributed by atoms with van der Waals surface area (Å²) in [7, 11) is -1.14. The van der Waals surface area contributed by atoms with E-state index in [9.17, 15) is 0 Å². The predicted octanol–water partition coefficient (Wildman–Crippen LogP) is -1.09. The van der Waals surface area contributed by atoms with Crippen LogP contribution in [0.1, 0.15) is 25.7 Å². The molecule has 2 unspecified atom stereocenters. The molecule has 2 atom stereocenters. The number of nitrogens with one attached hydrogen (secondary N) is 2. The second kappa shape index (κ2) is 8.03. The fourth-order valence-corrected chi connectivity index (χ4v) is 2.20. The van der Waals surface area contributed by atoms with Crippen LogP contribution in [0.15, 0.2) is 0 Å². The predicted molar refractivity (Wildman–Crippen MR) is 66.1 cm³/mol. The maximum Gasteiger partial charge on any atom is 0.451 e. The number of rotatable bonds is 8. The van der Waals surface area contributed by atoms with Crippen molar-refractivity contribution in [2.24, 2.45) is 5.73 Å². The van der Waals surface area contributed by atoms with E-state index < -0.39 is 7.12 Å². The first-order chi connectivity index (χ1) is 7.72.